The van der Waals surface area contributed by atoms with Gasteiger partial charge in [0.05, 0.1) is 0 Å². The molecule has 1 aliphatic heterocycles. The van der Waals surface area contributed by atoms with Crippen LogP contribution in [0.1, 0.15) is 20.3 Å². The first-order chi connectivity index (χ1) is 9.15. The molecule has 4 nitrogen and oxygen atoms in total. The van der Waals surface area contributed by atoms with E-state index in [2.05, 4.69) is 58.4 Å². The Morgan fingerprint density at radius 1 is 1.37 bits per heavy atom. The summed E-state index contributed by atoms with van der Waals surface area (Å²) >= 11 is 0. The van der Waals surface area contributed by atoms with Gasteiger partial charge < -0.3 is 9.30 Å². The van der Waals surface area contributed by atoms with Gasteiger partial charge in [-0.3, -0.25) is 4.90 Å². The summed E-state index contributed by atoms with van der Waals surface area (Å²) in [6, 6.07) is 5.64. The van der Waals surface area contributed by atoms with Gasteiger partial charge in [-0.1, -0.05) is 0 Å². The fraction of sp³-hybridized carbons (Fsp3) is 0.533. The fourth-order valence-electron chi connectivity index (χ4n) is 2.83. The third kappa shape index (κ3) is 2.32. The van der Waals surface area contributed by atoms with Crippen LogP contribution >= 0.6 is 0 Å². The number of anilines is 1. The summed E-state index contributed by atoms with van der Waals surface area (Å²) in [6.45, 7) is 6.78. The van der Waals surface area contributed by atoms with Crippen LogP contribution in [0.4, 0.5) is 5.69 Å². The monoisotopic (exact) mass is 258 g/mol. The van der Waals surface area contributed by atoms with E-state index in [0.29, 0.717) is 12.1 Å². The van der Waals surface area contributed by atoms with Gasteiger partial charge in [0.25, 0.3) is 0 Å². The van der Waals surface area contributed by atoms with Crippen molar-refractivity contribution in [2.45, 2.75) is 32.4 Å². The third-order valence-electron chi connectivity index (χ3n) is 4.30. The summed E-state index contributed by atoms with van der Waals surface area (Å²) in [5, 5.41) is 0. The Hall–Kier alpha value is -1.55. The normalized spacial score (nSPS) is 20.1. The van der Waals surface area contributed by atoms with Crippen LogP contribution in [-0.4, -0.2) is 46.5 Å². The predicted octanol–water partition coefficient (Wildman–Crippen LogP) is 2.25. The minimum absolute atomic E-state index is 0.611. The zero-order valence-electron chi connectivity index (χ0n) is 12.0. The Bertz CT molecular complexity index is 560. The van der Waals surface area contributed by atoms with E-state index < -0.39 is 0 Å². The van der Waals surface area contributed by atoms with Crippen molar-refractivity contribution in [2.75, 3.05) is 25.0 Å². The van der Waals surface area contributed by atoms with Crippen molar-refractivity contribution in [1.29, 1.82) is 0 Å². The van der Waals surface area contributed by atoms with Crippen molar-refractivity contribution in [3.05, 3.63) is 30.7 Å². The smallest absolute Gasteiger partial charge is 0.138 e. The van der Waals surface area contributed by atoms with Gasteiger partial charge in [-0.2, -0.15) is 0 Å². The van der Waals surface area contributed by atoms with Crippen molar-refractivity contribution in [3.63, 3.8) is 0 Å². The molecule has 19 heavy (non-hydrogen) atoms. The molecule has 0 bridgehead atoms. The van der Waals surface area contributed by atoms with Crippen LogP contribution in [0.3, 0.4) is 0 Å². The molecule has 2 aromatic heterocycles. The second-order valence-corrected chi connectivity index (χ2v) is 5.73. The van der Waals surface area contributed by atoms with E-state index in [9.17, 15) is 0 Å². The molecule has 2 aromatic rings. The molecular formula is C15H22N4. The van der Waals surface area contributed by atoms with Gasteiger partial charge in [-0.05, 0) is 33.4 Å². The molecule has 0 N–H and O–H groups in total. The molecule has 1 aliphatic rings. The standard InChI is InChI=1S/C15H22N4/c1-12(2)17(3)14-5-8-19(11-14)13-4-7-18-9-6-16-15(18)10-13/h4,6-7,9-10,12,14H,5,8,11H2,1-3H3. The summed E-state index contributed by atoms with van der Waals surface area (Å²) < 4.78 is 2.05. The lowest BCUT2D eigenvalue weighted by Gasteiger charge is -2.28. The number of hydrogen-bond donors (Lipinski definition) is 0. The van der Waals surface area contributed by atoms with E-state index in [1.165, 1.54) is 12.1 Å². The van der Waals surface area contributed by atoms with Gasteiger partial charge in [0.1, 0.15) is 5.65 Å². The number of fused-ring (bicyclic) bond motifs is 1. The molecule has 1 saturated heterocycles. The topological polar surface area (TPSA) is 23.8 Å². The van der Waals surface area contributed by atoms with Crippen molar-refractivity contribution in [1.82, 2.24) is 14.3 Å². The zero-order chi connectivity index (χ0) is 13.4. The van der Waals surface area contributed by atoms with Crippen molar-refractivity contribution in [3.8, 4) is 0 Å². The highest BCUT2D eigenvalue weighted by Crippen LogP contribution is 2.24. The maximum atomic E-state index is 4.36. The van der Waals surface area contributed by atoms with Crippen molar-refractivity contribution in [2.24, 2.45) is 0 Å². The minimum Gasteiger partial charge on any atom is -0.370 e. The van der Waals surface area contributed by atoms with Crippen LogP contribution in [0.25, 0.3) is 5.65 Å². The quantitative estimate of drug-likeness (QED) is 0.844. The summed E-state index contributed by atoms with van der Waals surface area (Å²) in [7, 11) is 2.23. The number of rotatable bonds is 3. The van der Waals surface area contributed by atoms with Gasteiger partial charge in [-0.15, -0.1) is 0 Å². The highest BCUT2D eigenvalue weighted by molar-refractivity contribution is 5.56. The van der Waals surface area contributed by atoms with Crippen LogP contribution in [-0.2, 0) is 0 Å². The highest BCUT2D eigenvalue weighted by Gasteiger charge is 2.27. The molecular weight excluding hydrogens is 236 g/mol. The minimum atomic E-state index is 0.611. The Morgan fingerprint density at radius 3 is 3.00 bits per heavy atom. The molecule has 0 aromatic carbocycles. The number of likely N-dealkylation sites (N-methyl/N-ethyl adjacent to an activating group) is 1. The van der Waals surface area contributed by atoms with Crippen LogP contribution in [0, 0.1) is 0 Å². The second kappa shape index (κ2) is 4.85. The average Bonchev–Trinajstić information content (AvgIpc) is 3.05. The summed E-state index contributed by atoms with van der Waals surface area (Å²) in [4.78, 5) is 9.31. The van der Waals surface area contributed by atoms with Gasteiger partial charge in [0.2, 0.25) is 0 Å². The first-order valence-electron chi connectivity index (χ1n) is 7.05. The average molecular weight is 258 g/mol. The van der Waals surface area contributed by atoms with Gasteiger partial charge in [0, 0.05) is 55.5 Å². The van der Waals surface area contributed by atoms with Crippen LogP contribution in [0.2, 0.25) is 0 Å². The first kappa shape index (κ1) is 12.5. The van der Waals surface area contributed by atoms with E-state index in [-0.39, 0.29) is 0 Å². The molecule has 102 valence electrons. The second-order valence-electron chi connectivity index (χ2n) is 5.73. The molecule has 0 saturated carbocycles. The SMILES string of the molecule is CC(C)N(C)C1CCN(c2ccn3ccnc3c2)C1. The maximum absolute atomic E-state index is 4.36. The van der Waals surface area contributed by atoms with Gasteiger partial charge in [-0.25, -0.2) is 4.98 Å². The molecule has 0 amide bonds. The molecule has 4 heteroatoms. The number of nitrogens with zero attached hydrogens (tertiary/aromatic N) is 4. The summed E-state index contributed by atoms with van der Waals surface area (Å²) in [5.74, 6) is 0. The van der Waals surface area contributed by atoms with Crippen LogP contribution in [0.5, 0.6) is 0 Å². The van der Waals surface area contributed by atoms with Crippen LogP contribution < -0.4 is 4.90 Å². The predicted molar refractivity (Wildman–Crippen MR) is 78.7 cm³/mol. The molecule has 1 fully saturated rings. The molecule has 1 unspecified atom stereocenters. The maximum Gasteiger partial charge on any atom is 0.138 e. The molecule has 3 rings (SSSR count). The largest absolute Gasteiger partial charge is 0.370 e. The summed E-state index contributed by atoms with van der Waals surface area (Å²) in [6.07, 6.45) is 7.17. The molecule has 1 atom stereocenters. The highest BCUT2D eigenvalue weighted by atomic mass is 15.3. The fourth-order valence-corrected chi connectivity index (χ4v) is 2.83. The van der Waals surface area contributed by atoms with E-state index in [1.807, 2.05) is 12.4 Å². The van der Waals surface area contributed by atoms with Gasteiger partial charge >= 0.3 is 0 Å². The lowest BCUT2D eigenvalue weighted by atomic mass is 10.2. The molecule has 0 spiro atoms. The zero-order valence-corrected chi connectivity index (χ0v) is 12.0. The Balaban J connectivity index is 1.76. The van der Waals surface area contributed by atoms with Crippen molar-refractivity contribution >= 4 is 11.3 Å². The molecule has 0 radical (unpaired) electrons. The Labute approximate surface area is 114 Å². The molecule has 0 aliphatic carbocycles. The molecule has 3 heterocycles. The third-order valence-corrected chi connectivity index (χ3v) is 4.30. The first-order valence-corrected chi connectivity index (χ1v) is 7.05. The lowest BCUT2D eigenvalue weighted by Crippen LogP contribution is -2.39. The lowest BCUT2D eigenvalue weighted by molar-refractivity contribution is 0.209. The number of pyridine rings is 1. The number of imidazole rings is 1. The van der Waals surface area contributed by atoms with E-state index >= 15 is 0 Å². The summed E-state index contributed by atoms with van der Waals surface area (Å²) in [5.41, 5.74) is 2.32. The van der Waals surface area contributed by atoms with E-state index in [0.717, 1.165) is 18.7 Å². The Morgan fingerprint density at radius 2 is 2.21 bits per heavy atom. The van der Waals surface area contributed by atoms with Crippen molar-refractivity contribution < 1.29 is 0 Å². The van der Waals surface area contributed by atoms with E-state index in [1.54, 1.807) is 0 Å². The van der Waals surface area contributed by atoms with Crippen LogP contribution in [0.15, 0.2) is 30.7 Å². The van der Waals surface area contributed by atoms with Gasteiger partial charge in [0.15, 0.2) is 0 Å². The Kier molecular flexibility index (Phi) is 3.19. The van der Waals surface area contributed by atoms with E-state index in [4.69, 9.17) is 0 Å². The number of aromatic nitrogens is 2. The number of hydrogen-bond acceptors (Lipinski definition) is 3.